The Balaban J connectivity index is 1.53. The van der Waals surface area contributed by atoms with Crippen LogP contribution in [0.3, 0.4) is 0 Å². The van der Waals surface area contributed by atoms with Crippen LogP contribution >= 0.6 is 0 Å². The highest BCUT2D eigenvalue weighted by molar-refractivity contribution is 6.03. The fourth-order valence-corrected chi connectivity index (χ4v) is 8.99. The molecule has 0 aromatic heterocycles. The van der Waals surface area contributed by atoms with Gasteiger partial charge in [-0.15, -0.1) is 6.58 Å². The van der Waals surface area contributed by atoms with E-state index in [1.807, 2.05) is 37.3 Å². The Hall–Kier alpha value is -3.90. The van der Waals surface area contributed by atoms with E-state index < -0.39 is 30.1 Å². The van der Waals surface area contributed by atoms with E-state index in [-0.39, 0.29) is 56.4 Å². The van der Waals surface area contributed by atoms with Crippen LogP contribution in [0.2, 0.25) is 0 Å². The van der Waals surface area contributed by atoms with Gasteiger partial charge in [-0.05, 0) is 86.1 Å². The number of aliphatic hydroxyl groups is 2. The zero-order chi connectivity index (χ0) is 37.9. The summed E-state index contributed by atoms with van der Waals surface area (Å²) >= 11 is 0. The van der Waals surface area contributed by atoms with Crippen molar-refractivity contribution in [2.45, 2.75) is 108 Å². The molecule has 2 fully saturated rings. The standard InChI is InChI=1S/C43H58N2O9/c1-3-21-45(42(49)51-29-30-14-6-5-7-15-30)38-28-36(44-54-39-18-10-13-25-50-39)34-26-31(16-8-11-22-46)33(17-9-12-23-47)40-35-27-32(48)19-20-37(35)53-43(38,41(34)40)52-24-4-2/h4-7,14-15,19-20,26-27,31,33,38-41,46-48H,2-3,8-13,16-18,21-25,28-29H2,1H3/t31-,33+,38-,39?,40+,41+,43+/m0/s1. The van der Waals surface area contributed by atoms with E-state index in [9.17, 15) is 20.1 Å². The Morgan fingerprint density at radius 2 is 1.87 bits per heavy atom. The summed E-state index contributed by atoms with van der Waals surface area (Å²) in [6.45, 7) is 7.49. The number of phenolic OH excluding ortho intramolecular Hbond substituents is 1. The molecule has 1 unspecified atom stereocenters. The van der Waals surface area contributed by atoms with Crippen LogP contribution in [-0.2, 0) is 25.7 Å². The number of unbranched alkanes of at least 4 members (excludes halogenated alkanes) is 2. The first-order valence-corrected chi connectivity index (χ1v) is 20.0. The number of nitrogens with zero attached hydrogens (tertiary/aromatic N) is 2. The molecule has 4 aliphatic rings. The maximum absolute atomic E-state index is 14.4. The van der Waals surface area contributed by atoms with E-state index in [0.29, 0.717) is 43.9 Å². The second-order valence-corrected chi connectivity index (χ2v) is 14.9. The Bertz CT molecular complexity index is 1590. The third-order valence-corrected chi connectivity index (χ3v) is 11.4. The van der Waals surface area contributed by atoms with Crippen molar-refractivity contribution in [2.24, 2.45) is 22.9 Å². The minimum Gasteiger partial charge on any atom is -0.508 e. The Labute approximate surface area is 319 Å². The normalized spacial score (nSPS) is 27.9. The molecule has 11 heteroatoms. The van der Waals surface area contributed by atoms with E-state index in [1.165, 1.54) is 0 Å². The number of allylic oxidation sites excluding steroid dienone is 1. The molecule has 2 heterocycles. The average molecular weight is 747 g/mol. The number of hydrogen-bond donors (Lipinski definition) is 3. The van der Waals surface area contributed by atoms with Crippen LogP contribution in [0.15, 0.2) is 78.0 Å². The largest absolute Gasteiger partial charge is 0.508 e. The number of hydrogen-bond acceptors (Lipinski definition) is 10. The maximum Gasteiger partial charge on any atom is 0.410 e. The summed E-state index contributed by atoms with van der Waals surface area (Å²) in [6.07, 6.45) is 11.3. The van der Waals surface area contributed by atoms with E-state index >= 15 is 0 Å². The molecule has 54 heavy (non-hydrogen) atoms. The molecular formula is C43H58N2O9. The zero-order valence-electron chi connectivity index (χ0n) is 31.7. The van der Waals surface area contributed by atoms with Crippen LogP contribution in [0.1, 0.15) is 94.6 Å². The molecule has 1 saturated carbocycles. The SMILES string of the molecule is C=CCO[C@@]12Oc3ccc(O)cc3[C@H]3[C@H](CCCCO)[C@@H](CCCCO)C=C(C(=NOC4CCCCO4)C[C@@H]1N(CCC)C(=O)OCc1ccccc1)[C@H]32. The van der Waals surface area contributed by atoms with Gasteiger partial charge < -0.3 is 39.1 Å². The lowest BCUT2D eigenvalue weighted by Crippen LogP contribution is -2.70. The van der Waals surface area contributed by atoms with Crippen molar-refractivity contribution in [3.05, 3.63) is 84.0 Å². The van der Waals surface area contributed by atoms with Gasteiger partial charge in [0.25, 0.3) is 0 Å². The third kappa shape index (κ3) is 8.80. The predicted octanol–water partition coefficient (Wildman–Crippen LogP) is 7.60. The summed E-state index contributed by atoms with van der Waals surface area (Å²) in [6, 6.07) is 14.2. The monoisotopic (exact) mass is 746 g/mol. The highest BCUT2D eigenvalue weighted by Crippen LogP contribution is 2.62. The highest BCUT2D eigenvalue weighted by Gasteiger charge is 2.65. The van der Waals surface area contributed by atoms with E-state index in [4.69, 9.17) is 28.9 Å². The summed E-state index contributed by atoms with van der Waals surface area (Å²) in [5, 5.41) is 35.4. The number of ether oxygens (including phenoxy) is 4. The van der Waals surface area contributed by atoms with Gasteiger partial charge in [0, 0.05) is 44.1 Å². The molecule has 2 aliphatic heterocycles. The number of carbonyl (C=O) groups excluding carboxylic acids is 1. The van der Waals surface area contributed by atoms with Crippen LogP contribution in [0.4, 0.5) is 4.79 Å². The van der Waals surface area contributed by atoms with Gasteiger partial charge in [0.2, 0.25) is 12.1 Å². The Kier molecular flexibility index (Phi) is 14.1. The molecule has 294 valence electrons. The van der Waals surface area contributed by atoms with Crippen molar-refractivity contribution >= 4 is 11.8 Å². The van der Waals surface area contributed by atoms with Gasteiger partial charge in [0.15, 0.2) is 0 Å². The van der Waals surface area contributed by atoms with Gasteiger partial charge in [-0.25, -0.2) is 4.79 Å². The third-order valence-electron chi connectivity index (χ3n) is 11.4. The number of oxime groups is 1. The second-order valence-electron chi connectivity index (χ2n) is 14.9. The van der Waals surface area contributed by atoms with Gasteiger partial charge >= 0.3 is 6.09 Å². The molecule has 3 N–H and O–H groups in total. The summed E-state index contributed by atoms with van der Waals surface area (Å²) in [5.74, 6) is -1.19. The van der Waals surface area contributed by atoms with Gasteiger partial charge in [-0.3, -0.25) is 4.90 Å². The number of rotatable bonds is 18. The maximum atomic E-state index is 14.4. The molecule has 2 aliphatic carbocycles. The van der Waals surface area contributed by atoms with Crippen molar-refractivity contribution in [1.82, 2.24) is 4.90 Å². The number of aliphatic hydroxyl groups excluding tert-OH is 2. The lowest BCUT2D eigenvalue weighted by molar-refractivity contribution is -0.255. The van der Waals surface area contributed by atoms with Crippen LogP contribution < -0.4 is 4.74 Å². The van der Waals surface area contributed by atoms with Gasteiger partial charge in [0.1, 0.15) is 24.1 Å². The number of aromatic hydroxyl groups is 1. The van der Waals surface area contributed by atoms with Crippen molar-refractivity contribution < 1.29 is 43.9 Å². The van der Waals surface area contributed by atoms with Gasteiger partial charge in [-0.1, -0.05) is 67.4 Å². The summed E-state index contributed by atoms with van der Waals surface area (Å²) in [4.78, 5) is 22.3. The number of benzene rings is 2. The lowest BCUT2D eigenvalue weighted by atomic mass is 9.55. The minimum absolute atomic E-state index is 0.0624. The lowest BCUT2D eigenvalue weighted by Gasteiger charge is -2.59. The molecule has 0 radical (unpaired) electrons. The molecule has 11 nitrogen and oxygen atoms in total. The van der Waals surface area contributed by atoms with Crippen LogP contribution in [0.5, 0.6) is 11.5 Å². The highest BCUT2D eigenvalue weighted by atomic mass is 16.8. The van der Waals surface area contributed by atoms with Crippen molar-refractivity contribution in [3.63, 3.8) is 0 Å². The predicted molar refractivity (Wildman–Crippen MR) is 205 cm³/mol. The van der Waals surface area contributed by atoms with Crippen LogP contribution in [0, 0.1) is 17.8 Å². The summed E-state index contributed by atoms with van der Waals surface area (Å²) in [5.41, 5.74) is 3.39. The zero-order valence-corrected chi connectivity index (χ0v) is 31.7. The van der Waals surface area contributed by atoms with Gasteiger partial charge in [-0.2, -0.15) is 0 Å². The fraction of sp³-hybridized carbons (Fsp3) is 0.581. The number of phenols is 1. The molecular weight excluding hydrogens is 688 g/mol. The average Bonchev–Trinajstić information content (AvgIpc) is 3.20. The first kappa shape index (κ1) is 39.8. The minimum atomic E-state index is -1.39. The number of amides is 1. The molecule has 2 aromatic carbocycles. The van der Waals surface area contributed by atoms with Gasteiger partial charge in [0.05, 0.1) is 24.8 Å². The molecule has 7 atom stereocenters. The summed E-state index contributed by atoms with van der Waals surface area (Å²) < 4.78 is 26.1. The van der Waals surface area contributed by atoms with Crippen LogP contribution in [0.25, 0.3) is 0 Å². The van der Waals surface area contributed by atoms with E-state index in [0.717, 1.165) is 61.6 Å². The topological polar surface area (TPSA) is 140 Å². The van der Waals surface area contributed by atoms with Crippen LogP contribution in [-0.4, -0.2) is 83.1 Å². The first-order chi connectivity index (χ1) is 26.4. The number of carbonyl (C=O) groups is 1. The smallest absolute Gasteiger partial charge is 0.410 e. The van der Waals surface area contributed by atoms with Crippen molar-refractivity contribution in [3.8, 4) is 11.5 Å². The quantitative estimate of drug-likeness (QED) is 0.0800. The molecule has 0 bridgehead atoms. The fourth-order valence-electron chi connectivity index (χ4n) is 8.99. The number of fused-ring (bicyclic) bond motifs is 2. The molecule has 2 aromatic rings. The summed E-state index contributed by atoms with van der Waals surface area (Å²) in [7, 11) is 0. The molecule has 0 spiro atoms. The Morgan fingerprint density at radius 3 is 2.59 bits per heavy atom. The molecule has 1 amide bonds. The van der Waals surface area contributed by atoms with Crippen molar-refractivity contribution in [1.29, 1.82) is 0 Å². The molecule has 1 saturated heterocycles. The van der Waals surface area contributed by atoms with Crippen molar-refractivity contribution in [2.75, 3.05) is 33.0 Å². The first-order valence-electron chi connectivity index (χ1n) is 20.0. The van der Waals surface area contributed by atoms with E-state index in [1.54, 1.807) is 29.2 Å². The second kappa shape index (κ2) is 19.1. The Morgan fingerprint density at radius 1 is 1.07 bits per heavy atom. The molecule has 6 rings (SSSR count). The van der Waals surface area contributed by atoms with E-state index in [2.05, 4.69) is 12.7 Å².